The van der Waals surface area contributed by atoms with Gasteiger partial charge in [0.2, 0.25) is 6.41 Å². The zero-order chi connectivity index (χ0) is 26.2. The van der Waals surface area contributed by atoms with Crippen LogP contribution in [0.5, 0.6) is 0 Å². The molecule has 1 unspecified atom stereocenters. The molecule has 1 atom stereocenters. The second-order valence-electron chi connectivity index (χ2n) is 9.63. The molecule has 194 valence electrons. The Morgan fingerprint density at radius 2 is 1.63 bits per heavy atom. The predicted molar refractivity (Wildman–Crippen MR) is 152 cm³/mol. The molecule has 5 rings (SSSR count). The second-order valence-corrected chi connectivity index (χ2v) is 10.8. The van der Waals surface area contributed by atoms with Crippen molar-refractivity contribution in [3.63, 3.8) is 0 Å². The molecule has 0 aliphatic carbocycles. The van der Waals surface area contributed by atoms with Gasteiger partial charge < -0.3 is 10.1 Å². The van der Waals surface area contributed by atoms with E-state index in [0.29, 0.717) is 13.0 Å². The highest BCUT2D eigenvalue weighted by molar-refractivity contribution is 7.15. The summed E-state index contributed by atoms with van der Waals surface area (Å²) in [5, 5.41) is 2.71. The fourth-order valence-corrected chi connectivity index (χ4v) is 5.97. The van der Waals surface area contributed by atoms with E-state index in [1.54, 1.807) is 11.3 Å². The van der Waals surface area contributed by atoms with Crippen molar-refractivity contribution >= 4 is 23.7 Å². The highest BCUT2D eigenvalue weighted by Gasteiger charge is 2.29. The van der Waals surface area contributed by atoms with E-state index in [4.69, 9.17) is 4.74 Å². The molecule has 1 aromatic heterocycles. The minimum Gasteiger partial charge on any atom is -0.462 e. The first-order chi connectivity index (χ1) is 18.7. The van der Waals surface area contributed by atoms with Gasteiger partial charge in [0.25, 0.3) is 0 Å². The van der Waals surface area contributed by atoms with Crippen molar-refractivity contribution in [1.82, 2.24) is 10.2 Å². The number of hydrogen-bond donors (Lipinski definition) is 1. The van der Waals surface area contributed by atoms with Crippen LogP contribution in [0.1, 0.15) is 40.3 Å². The van der Waals surface area contributed by atoms with Crippen LogP contribution in [-0.2, 0) is 27.4 Å². The number of nitrogens with one attached hydrogen (secondary N) is 1. The van der Waals surface area contributed by atoms with Crippen molar-refractivity contribution in [2.24, 2.45) is 0 Å². The van der Waals surface area contributed by atoms with Gasteiger partial charge in [0, 0.05) is 29.4 Å². The van der Waals surface area contributed by atoms with Crippen molar-refractivity contribution < 1.29 is 14.3 Å². The number of hydrogen-bond acceptors (Lipinski definition) is 5. The molecule has 4 aromatic rings. The molecule has 1 amide bonds. The molecule has 1 aliphatic rings. The second kappa shape index (κ2) is 12.7. The number of esters is 1. The summed E-state index contributed by atoms with van der Waals surface area (Å²) in [5.41, 5.74) is 4.21. The summed E-state index contributed by atoms with van der Waals surface area (Å²) in [6.07, 6.45) is 2.32. The zero-order valence-corrected chi connectivity index (χ0v) is 22.1. The van der Waals surface area contributed by atoms with E-state index < -0.39 is 5.92 Å². The van der Waals surface area contributed by atoms with E-state index in [1.807, 2.05) is 54.6 Å². The lowest BCUT2D eigenvalue weighted by Crippen LogP contribution is -2.38. The third-order valence-corrected chi connectivity index (χ3v) is 8.10. The highest BCUT2D eigenvalue weighted by Crippen LogP contribution is 2.33. The largest absolute Gasteiger partial charge is 0.462 e. The van der Waals surface area contributed by atoms with Gasteiger partial charge in [-0.2, -0.15) is 0 Å². The number of amides is 1. The Hall–Kier alpha value is -3.74. The third-order valence-electron chi connectivity index (χ3n) is 6.96. The molecule has 0 saturated carbocycles. The zero-order valence-electron chi connectivity index (χ0n) is 21.3. The van der Waals surface area contributed by atoms with Crippen LogP contribution in [-0.4, -0.2) is 36.5 Å². The predicted octanol–water partition coefficient (Wildman–Crippen LogP) is 6.00. The third kappa shape index (κ3) is 6.57. The molecular weight excluding hydrogens is 492 g/mol. The van der Waals surface area contributed by atoms with Crippen LogP contribution in [0.2, 0.25) is 0 Å². The Morgan fingerprint density at radius 3 is 2.37 bits per heavy atom. The summed E-state index contributed by atoms with van der Waals surface area (Å²) in [6, 6.07) is 32.6. The molecule has 6 heteroatoms. The lowest BCUT2D eigenvalue weighted by molar-refractivity contribution is -0.152. The summed E-state index contributed by atoms with van der Waals surface area (Å²) in [7, 11) is 0. The molecule has 0 spiro atoms. The maximum Gasteiger partial charge on any atom is 0.318 e. The lowest BCUT2D eigenvalue weighted by Gasteiger charge is -2.32. The molecule has 2 heterocycles. The van der Waals surface area contributed by atoms with Gasteiger partial charge in [-0.1, -0.05) is 78.9 Å². The van der Waals surface area contributed by atoms with Crippen molar-refractivity contribution in [3.8, 4) is 10.4 Å². The number of ether oxygens (including phenoxy) is 1. The Bertz CT molecular complexity index is 1330. The average Bonchev–Trinajstić information content (AvgIpc) is 3.44. The van der Waals surface area contributed by atoms with E-state index in [0.717, 1.165) is 58.9 Å². The molecule has 3 aromatic carbocycles. The minimum absolute atomic E-state index is 0.0749. The number of likely N-dealkylation sites (tertiary alicyclic amines) is 1. The van der Waals surface area contributed by atoms with Crippen molar-refractivity contribution in [1.29, 1.82) is 0 Å². The standard InChI is InChI=1S/C32H32N2O3S/c35-23-33-21-29-14-15-30(38-29)26-12-7-13-27(20-26)31(25-10-5-2-6-11-25)32(36)37-28-16-18-34(19-17-28)22-24-8-3-1-4-9-24/h1-15,20,23,28,31H,16-19,21-22H2,(H,33,35). The van der Waals surface area contributed by atoms with Crippen molar-refractivity contribution in [2.75, 3.05) is 13.1 Å². The maximum atomic E-state index is 13.7. The SMILES string of the molecule is O=CNCc1ccc(-c2cccc(C(C(=O)OC3CCN(Cc4ccccc4)CC3)c3ccccc3)c2)s1. The number of thiophene rings is 1. The van der Waals surface area contributed by atoms with Crippen LogP contribution in [0.4, 0.5) is 0 Å². The van der Waals surface area contributed by atoms with Gasteiger partial charge in [-0.15, -0.1) is 11.3 Å². The first-order valence-electron chi connectivity index (χ1n) is 13.1. The van der Waals surface area contributed by atoms with E-state index >= 15 is 0 Å². The monoisotopic (exact) mass is 524 g/mol. The smallest absolute Gasteiger partial charge is 0.318 e. The Kier molecular flexibility index (Phi) is 8.64. The maximum absolute atomic E-state index is 13.7. The highest BCUT2D eigenvalue weighted by atomic mass is 32.1. The van der Waals surface area contributed by atoms with Gasteiger partial charge in [0.1, 0.15) is 12.0 Å². The molecule has 1 aliphatic heterocycles. The minimum atomic E-state index is -0.491. The van der Waals surface area contributed by atoms with Crippen LogP contribution < -0.4 is 5.32 Å². The fraction of sp³-hybridized carbons (Fsp3) is 0.250. The number of benzene rings is 3. The molecule has 1 fully saturated rings. The van der Waals surface area contributed by atoms with E-state index in [-0.39, 0.29) is 12.1 Å². The van der Waals surface area contributed by atoms with Gasteiger partial charge >= 0.3 is 5.97 Å². The number of rotatable bonds is 10. The topological polar surface area (TPSA) is 58.6 Å². The number of nitrogens with zero attached hydrogens (tertiary/aromatic N) is 1. The van der Waals surface area contributed by atoms with Crippen LogP contribution in [0.25, 0.3) is 10.4 Å². The Morgan fingerprint density at radius 1 is 0.921 bits per heavy atom. The number of carbonyl (C=O) groups excluding carboxylic acids is 2. The lowest BCUT2D eigenvalue weighted by atomic mass is 9.90. The summed E-state index contributed by atoms with van der Waals surface area (Å²) >= 11 is 1.64. The summed E-state index contributed by atoms with van der Waals surface area (Å²) < 4.78 is 6.15. The molecule has 1 saturated heterocycles. The molecule has 1 N–H and O–H groups in total. The van der Waals surface area contributed by atoms with Crippen molar-refractivity contribution in [3.05, 3.63) is 119 Å². The van der Waals surface area contributed by atoms with Gasteiger partial charge in [0.15, 0.2) is 0 Å². The normalized spacial score (nSPS) is 15.1. The summed E-state index contributed by atoms with van der Waals surface area (Å²) in [6.45, 7) is 3.27. The van der Waals surface area contributed by atoms with Gasteiger partial charge in [0.05, 0.1) is 6.54 Å². The number of carbonyl (C=O) groups is 2. The van der Waals surface area contributed by atoms with Gasteiger partial charge in [-0.3, -0.25) is 14.5 Å². The molecule has 38 heavy (non-hydrogen) atoms. The average molecular weight is 525 g/mol. The van der Waals surface area contributed by atoms with E-state index in [9.17, 15) is 9.59 Å². The van der Waals surface area contributed by atoms with Crippen LogP contribution in [0.3, 0.4) is 0 Å². The molecular formula is C32H32N2O3S. The first kappa shape index (κ1) is 25.9. The van der Waals surface area contributed by atoms with E-state index in [1.165, 1.54) is 5.56 Å². The Balaban J connectivity index is 1.29. The Labute approximate surface area is 228 Å². The molecule has 0 bridgehead atoms. The number of piperidine rings is 1. The van der Waals surface area contributed by atoms with Crippen LogP contribution >= 0.6 is 11.3 Å². The summed E-state index contributed by atoms with van der Waals surface area (Å²) in [5.74, 6) is -0.688. The molecule has 5 nitrogen and oxygen atoms in total. The van der Waals surface area contributed by atoms with Crippen LogP contribution in [0, 0.1) is 0 Å². The van der Waals surface area contributed by atoms with E-state index in [2.05, 4.69) is 52.7 Å². The first-order valence-corrected chi connectivity index (χ1v) is 13.9. The quantitative estimate of drug-likeness (QED) is 0.204. The van der Waals surface area contributed by atoms with Crippen LogP contribution in [0.15, 0.2) is 97.1 Å². The fourth-order valence-electron chi connectivity index (χ4n) is 5.01. The summed E-state index contributed by atoms with van der Waals surface area (Å²) in [4.78, 5) is 28.9. The van der Waals surface area contributed by atoms with Crippen molar-refractivity contribution in [2.45, 2.75) is 38.0 Å². The van der Waals surface area contributed by atoms with Gasteiger partial charge in [-0.05, 0) is 53.3 Å². The van der Waals surface area contributed by atoms with Gasteiger partial charge in [-0.25, -0.2) is 0 Å². The molecule has 0 radical (unpaired) electrons.